The third kappa shape index (κ3) is 3.73. The lowest BCUT2D eigenvalue weighted by Crippen LogP contribution is -2.48. The summed E-state index contributed by atoms with van der Waals surface area (Å²) in [4.78, 5) is 16.7. The van der Waals surface area contributed by atoms with Gasteiger partial charge in [-0.15, -0.1) is 0 Å². The third-order valence-corrected chi connectivity index (χ3v) is 4.78. The number of piperazine rings is 1. The molecule has 2 N–H and O–H groups in total. The number of amides is 2. The van der Waals surface area contributed by atoms with Gasteiger partial charge in [-0.1, -0.05) is 11.6 Å². The van der Waals surface area contributed by atoms with Gasteiger partial charge in [0, 0.05) is 44.3 Å². The Bertz CT molecular complexity index is 615. The Hall–Kier alpha value is -1.44. The zero-order valence-corrected chi connectivity index (χ0v) is 13.5. The van der Waals surface area contributed by atoms with E-state index in [0.29, 0.717) is 12.1 Å². The minimum atomic E-state index is -0.900. The fourth-order valence-corrected chi connectivity index (χ4v) is 3.45. The van der Waals surface area contributed by atoms with Gasteiger partial charge in [0.25, 0.3) is 0 Å². The third-order valence-electron chi connectivity index (χ3n) is 4.40. The zero-order chi connectivity index (χ0) is 16.6. The number of halogens is 3. The molecule has 1 aromatic carbocycles. The molecule has 8 heteroatoms. The van der Waals surface area contributed by atoms with Crippen LogP contribution < -0.4 is 10.6 Å². The summed E-state index contributed by atoms with van der Waals surface area (Å²) in [6.07, 6.45) is 0.864. The molecular weight excluding hydrogens is 326 g/mol. The fraction of sp³-hybridized carbons (Fsp3) is 0.533. The first-order valence-electron chi connectivity index (χ1n) is 7.57. The van der Waals surface area contributed by atoms with Crippen LogP contribution in [0.5, 0.6) is 0 Å². The maximum Gasteiger partial charge on any atom is 0.319 e. The van der Waals surface area contributed by atoms with Gasteiger partial charge in [0.1, 0.15) is 16.7 Å². The number of carbonyl (C=O) groups is 1. The van der Waals surface area contributed by atoms with Crippen LogP contribution in [0.4, 0.5) is 19.3 Å². The van der Waals surface area contributed by atoms with Crippen molar-refractivity contribution in [3.05, 3.63) is 28.8 Å². The minimum Gasteiger partial charge on any atom is -0.334 e. The normalized spacial score (nSPS) is 25.2. The summed E-state index contributed by atoms with van der Waals surface area (Å²) in [5.74, 6) is -1.69. The second kappa shape index (κ2) is 6.59. The van der Waals surface area contributed by atoms with Crippen molar-refractivity contribution in [2.45, 2.75) is 18.5 Å². The maximum absolute atomic E-state index is 13.4. The molecule has 0 bridgehead atoms. The van der Waals surface area contributed by atoms with Gasteiger partial charge < -0.3 is 15.5 Å². The van der Waals surface area contributed by atoms with Crippen LogP contribution >= 0.6 is 11.6 Å². The standard InChI is InChI=1S/C15H19ClF2N4O/c1-21-2-3-22-7-10(6-11(22)8-21)19-15(23)20-13-5-9(17)4-12(18)14(13)16/h4-5,10-11H,2-3,6-8H2,1H3,(H2,19,20,23)/t10-,11-/m0/s1. The van der Waals surface area contributed by atoms with Crippen molar-refractivity contribution < 1.29 is 13.6 Å². The molecule has 2 fully saturated rings. The van der Waals surface area contributed by atoms with Crippen LogP contribution in [0.25, 0.3) is 0 Å². The molecule has 2 atom stereocenters. The molecule has 23 heavy (non-hydrogen) atoms. The van der Waals surface area contributed by atoms with Crippen LogP contribution in [0.3, 0.4) is 0 Å². The van der Waals surface area contributed by atoms with E-state index in [0.717, 1.165) is 38.7 Å². The van der Waals surface area contributed by atoms with Crippen LogP contribution in [0, 0.1) is 11.6 Å². The van der Waals surface area contributed by atoms with Gasteiger partial charge in [-0.25, -0.2) is 13.6 Å². The zero-order valence-electron chi connectivity index (χ0n) is 12.8. The number of hydrogen-bond acceptors (Lipinski definition) is 3. The average Bonchev–Trinajstić information content (AvgIpc) is 2.85. The lowest BCUT2D eigenvalue weighted by Gasteiger charge is -2.34. The van der Waals surface area contributed by atoms with Crippen molar-refractivity contribution in [1.82, 2.24) is 15.1 Å². The topological polar surface area (TPSA) is 47.6 Å². The molecule has 0 aromatic heterocycles. The first kappa shape index (κ1) is 16.4. The van der Waals surface area contributed by atoms with E-state index in [2.05, 4.69) is 27.5 Å². The van der Waals surface area contributed by atoms with Crippen LogP contribution in [-0.2, 0) is 0 Å². The van der Waals surface area contributed by atoms with Crippen LogP contribution in [-0.4, -0.2) is 61.1 Å². The van der Waals surface area contributed by atoms with Gasteiger partial charge >= 0.3 is 6.03 Å². The van der Waals surface area contributed by atoms with E-state index in [4.69, 9.17) is 11.6 Å². The minimum absolute atomic E-state index is 0.0173. The van der Waals surface area contributed by atoms with E-state index in [1.54, 1.807) is 0 Å². The Morgan fingerprint density at radius 3 is 2.87 bits per heavy atom. The van der Waals surface area contributed by atoms with Gasteiger partial charge in [-0.2, -0.15) is 0 Å². The van der Waals surface area contributed by atoms with Crippen molar-refractivity contribution in [3.63, 3.8) is 0 Å². The second-order valence-corrected chi connectivity index (χ2v) is 6.57. The number of hydrogen-bond donors (Lipinski definition) is 2. The number of benzene rings is 1. The summed E-state index contributed by atoms with van der Waals surface area (Å²) in [7, 11) is 2.09. The number of likely N-dealkylation sites (N-methyl/N-ethyl adjacent to an activating group) is 1. The Morgan fingerprint density at radius 2 is 2.09 bits per heavy atom. The van der Waals surface area contributed by atoms with Crippen molar-refractivity contribution in [3.8, 4) is 0 Å². The monoisotopic (exact) mass is 344 g/mol. The SMILES string of the molecule is CN1CCN2C[C@@H](NC(=O)Nc3cc(F)cc(F)c3Cl)C[C@H]2C1. The summed E-state index contributed by atoms with van der Waals surface area (Å²) >= 11 is 5.74. The van der Waals surface area contributed by atoms with Gasteiger partial charge in [0.05, 0.1) is 5.69 Å². The molecule has 0 unspecified atom stereocenters. The average molecular weight is 345 g/mol. The van der Waals surface area contributed by atoms with Crippen molar-refractivity contribution in [1.29, 1.82) is 0 Å². The molecule has 1 aromatic rings. The van der Waals surface area contributed by atoms with Crippen LogP contribution in [0.2, 0.25) is 5.02 Å². The highest BCUT2D eigenvalue weighted by molar-refractivity contribution is 6.33. The molecule has 0 aliphatic carbocycles. The van der Waals surface area contributed by atoms with E-state index >= 15 is 0 Å². The molecule has 3 rings (SSSR count). The first-order chi connectivity index (χ1) is 10.9. The molecule has 2 aliphatic heterocycles. The summed E-state index contributed by atoms with van der Waals surface area (Å²) < 4.78 is 26.6. The van der Waals surface area contributed by atoms with Crippen LogP contribution in [0.15, 0.2) is 12.1 Å². The summed E-state index contributed by atoms with van der Waals surface area (Å²) in [6.45, 7) is 3.79. The highest BCUT2D eigenvalue weighted by Crippen LogP contribution is 2.26. The molecule has 2 aliphatic rings. The summed E-state index contributed by atoms with van der Waals surface area (Å²) in [5, 5.41) is 4.97. The highest BCUT2D eigenvalue weighted by atomic mass is 35.5. The molecule has 5 nitrogen and oxygen atoms in total. The number of urea groups is 1. The number of nitrogens with zero attached hydrogens (tertiary/aromatic N) is 2. The van der Waals surface area contributed by atoms with Crippen molar-refractivity contribution in [2.24, 2.45) is 0 Å². The smallest absolute Gasteiger partial charge is 0.319 e. The van der Waals surface area contributed by atoms with E-state index in [-0.39, 0.29) is 16.8 Å². The van der Waals surface area contributed by atoms with Gasteiger partial charge in [0.15, 0.2) is 0 Å². The summed E-state index contributed by atoms with van der Waals surface area (Å²) in [6, 6.07) is 1.63. The number of anilines is 1. The number of nitrogens with one attached hydrogen (secondary N) is 2. The van der Waals surface area contributed by atoms with E-state index in [9.17, 15) is 13.6 Å². The highest BCUT2D eigenvalue weighted by Gasteiger charge is 2.35. The van der Waals surface area contributed by atoms with Crippen molar-refractivity contribution >= 4 is 23.3 Å². The quantitative estimate of drug-likeness (QED) is 0.808. The first-order valence-corrected chi connectivity index (χ1v) is 7.95. The lowest BCUT2D eigenvalue weighted by atomic mass is 10.1. The molecular formula is C15H19ClF2N4O. The Morgan fingerprint density at radius 1 is 1.30 bits per heavy atom. The predicted molar refractivity (Wildman–Crippen MR) is 84.8 cm³/mol. The molecule has 2 amide bonds. The number of fused-ring (bicyclic) bond motifs is 1. The largest absolute Gasteiger partial charge is 0.334 e. The van der Waals surface area contributed by atoms with Gasteiger partial charge in [-0.05, 0) is 19.5 Å². The molecule has 126 valence electrons. The molecule has 0 spiro atoms. The Labute approximate surface area is 138 Å². The number of rotatable bonds is 2. The maximum atomic E-state index is 13.4. The van der Waals surface area contributed by atoms with E-state index in [1.807, 2.05) is 0 Å². The molecule has 2 heterocycles. The molecule has 2 saturated heterocycles. The number of carbonyl (C=O) groups excluding carboxylic acids is 1. The van der Waals surface area contributed by atoms with E-state index < -0.39 is 17.7 Å². The fourth-order valence-electron chi connectivity index (χ4n) is 3.29. The lowest BCUT2D eigenvalue weighted by molar-refractivity contribution is 0.124. The van der Waals surface area contributed by atoms with E-state index in [1.165, 1.54) is 0 Å². The van der Waals surface area contributed by atoms with Crippen LogP contribution in [0.1, 0.15) is 6.42 Å². The predicted octanol–water partition coefficient (Wildman–Crippen LogP) is 2.13. The Balaban J connectivity index is 1.58. The molecule has 0 radical (unpaired) electrons. The molecule has 0 saturated carbocycles. The van der Waals surface area contributed by atoms with Gasteiger partial charge in [-0.3, -0.25) is 4.90 Å². The van der Waals surface area contributed by atoms with Crippen molar-refractivity contribution in [2.75, 3.05) is 38.5 Å². The van der Waals surface area contributed by atoms with Gasteiger partial charge in [0.2, 0.25) is 0 Å². The summed E-state index contributed by atoms with van der Waals surface area (Å²) in [5.41, 5.74) is -0.0721. The second-order valence-electron chi connectivity index (χ2n) is 6.19. The Kier molecular flexibility index (Phi) is 4.70.